The zero-order chi connectivity index (χ0) is 18.7. The Balaban J connectivity index is 1.57. The van der Waals surface area contributed by atoms with E-state index in [4.69, 9.17) is 4.74 Å². The Morgan fingerprint density at radius 3 is 2.77 bits per heavy atom. The van der Waals surface area contributed by atoms with Crippen molar-refractivity contribution in [3.8, 4) is 0 Å². The smallest absolute Gasteiger partial charge is 0.348 e. The highest BCUT2D eigenvalue weighted by Gasteiger charge is 2.19. The predicted octanol–water partition coefficient (Wildman–Crippen LogP) is 3.47. The summed E-state index contributed by atoms with van der Waals surface area (Å²) in [4.78, 5) is 35.4. The van der Waals surface area contributed by atoms with Crippen LogP contribution in [0.15, 0.2) is 24.3 Å². The van der Waals surface area contributed by atoms with Gasteiger partial charge in [0.15, 0.2) is 6.61 Å². The number of nitro benzene ring substituents is 1. The van der Waals surface area contributed by atoms with E-state index in [0.717, 1.165) is 43.4 Å². The predicted molar refractivity (Wildman–Crippen MR) is 92.9 cm³/mol. The van der Waals surface area contributed by atoms with Crippen LogP contribution in [0.1, 0.15) is 33.0 Å². The molecule has 7 nitrogen and oxygen atoms in total. The number of carbonyl (C=O) groups is 2. The summed E-state index contributed by atoms with van der Waals surface area (Å²) in [7, 11) is 0. The number of benzene rings is 1. The van der Waals surface area contributed by atoms with Gasteiger partial charge in [0.05, 0.1) is 4.92 Å². The number of nitrogens with one attached hydrogen (secondary N) is 1. The Hall–Kier alpha value is -2.81. The molecule has 136 valence electrons. The molecule has 3 rings (SSSR count). The highest BCUT2D eigenvalue weighted by Crippen LogP contribution is 2.30. The minimum Gasteiger partial charge on any atom is -0.451 e. The van der Waals surface area contributed by atoms with Crippen molar-refractivity contribution >= 4 is 34.6 Å². The molecule has 0 aliphatic heterocycles. The van der Waals surface area contributed by atoms with Crippen LogP contribution >= 0.6 is 11.3 Å². The first-order chi connectivity index (χ1) is 12.4. The monoisotopic (exact) mass is 378 g/mol. The number of esters is 1. The lowest BCUT2D eigenvalue weighted by atomic mass is 9.99. The molecule has 1 aliphatic carbocycles. The van der Waals surface area contributed by atoms with Gasteiger partial charge >= 0.3 is 11.7 Å². The fraction of sp³-hybridized carbons (Fsp3) is 0.294. The average molecular weight is 378 g/mol. The van der Waals surface area contributed by atoms with E-state index < -0.39 is 34.9 Å². The van der Waals surface area contributed by atoms with Gasteiger partial charge in [0.2, 0.25) is 5.82 Å². The van der Waals surface area contributed by atoms with Crippen molar-refractivity contribution in [1.29, 1.82) is 0 Å². The minimum atomic E-state index is -0.999. The molecule has 1 amide bonds. The van der Waals surface area contributed by atoms with Crippen LogP contribution in [0.2, 0.25) is 0 Å². The number of aryl methyl sites for hydroxylation is 2. The van der Waals surface area contributed by atoms with E-state index in [1.165, 1.54) is 22.3 Å². The standard InChI is InChI=1S/C17H15FN2O5S/c18-12-6-5-11(8-13(12)20(23)24)19-16(21)9-25-17(22)15-7-10-3-1-2-4-14(10)26-15/h5-8H,1-4,9H2,(H,19,21). The first-order valence-electron chi connectivity index (χ1n) is 7.96. The fourth-order valence-electron chi connectivity index (χ4n) is 2.72. The number of nitro groups is 1. The van der Waals surface area contributed by atoms with Gasteiger partial charge in [-0.15, -0.1) is 11.3 Å². The number of thiophene rings is 1. The summed E-state index contributed by atoms with van der Waals surface area (Å²) in [5.41, 5.74) is 0.464. The second kappa shape index (κ2) is 7.61. The minimum absolute atomic E-state index is 0.0470. The highest BCUT2D eigenvalue weighted by molar-refractivity contribution is 7.14. The van der Waals surface area contributed by atoms with Crippen LogP contribution in [0.5, 0.6) is 0 Å². The number of hydrogen-bond donors (Lipinski definition) is 1. The van der Waals surface area contributed by atoms with Crippen molar-refractivity contribution in [2.75, 3.05) is 11.9 Å². The fourth-order valence-corrected chi connectivity index (χ4v) is 3.87. The van der Waals surface area contributed by atoms with Gasteiger partial charge in [0.25, 0.3) is 5.91 Å². The Morgan fingerprint density at radius 1 is 1.27 bits per heavy atom. The lowest BCUT2D eigenvalue weighted by molar-refractivity contribution is -0.387. The second-order valence-corrected chi connectivity index (χ2v) is 6.95. The number of nitrogens with zero attached hydrogens (tertiary/aromatic N) is 1. The quantitative estimate of drug-likeness (QED) is 0.488. The van der Waals surface area contributed by atoms with Gasteiger partial charge in [0, 0.05) is 16.6 Å². The molecular formula is C17H15FN2O5S. The summed E-state index contributed by atoms with van der Waals surface area (Å²) >= 11 is 1.38. The van der Waals surface area contributed by atoms with Crippen LogP contribution in [0.25, 0.3) is 0 Å². The second-order valence-electron chi connectivity index (χ2n) is 5.81. The zero-order valence-corrected chi connectivity index (χ0v) is 14.4. The molecule has 0 unspecified atom stereocenters. The van der Waals surface area contributed by atoms with E-state index in [1.807, 2.05) is 6.07 Å². The summed E-state index contributed by atoms with van der Waals surface area (Å²) in [5.74, 6) is -2.24. The number of anilines is 1. The van der Waals surface area contributed by atoms with E-state index in [9.17, 15) is 24.1 Å². The molecule has 0 fully saturated rings. The van der Waals surface area contributed by atoms with Crippen molar-refractivity contribution in [3.63, 3.8) is 0 Å². The van der Waals surface area contributed by atoms with Gasteiger partial charge in [-0.1, -0.05) is 0 Å². The summed E-state index contributed by atoms with van der Waals surface area (Å²) < 4.78 is 18.3. The van der Waals surface area contributed by atoms with Crippen molar-refractivity contribution in [1.82, 2.24) is 0 Å². The van der Waals surface area contributed by atoms with Crippen molar-refractivity contribution in [2.24, 2.45) is 0 Å². The van der Waals surface area contributed by atoms with Crippen LogP contribution in [0.3, 0.4) is 0 Å². The first-order valence-corrected chi connectivity index (χ1v) is 8.78. The SMILES string of the molecule is O=C(COC(=O)c1cc2c(s1)CCCC2)Nc1ccc(F)c([N+](=O)[O-])c1. The Kier molecular flexibility index (Phi) is 5.27. The van der Waals surface area contributed by atoms with Crippen LogP contribution in [-0.2, 0) is 22.4 Å². The van der Waals surface area contributed by atoms with Gasteiger partial charge in [-0.3, -0.25) is 14.9 Å². The Labute approximate surface area is 151 Å². The third kappa shape index (κ3) is 4.05. The molecular weight excluding hydrogens is 363 g/mol. The van der Waals surface area contributed by atoms with Crippen LogP contribution in [0, 0.1) is 15.9 Å². The molecule has 26 heavy (non-hydrogen) atoms. The lowest BCUT2D eigenvalue weighted by Gasteiger charge is -2.08. The zero-order valence-electron chi connectivity index (χ0n) is 13.6. The van der Waals surface area contributed by atoms with Crippen LogP contribution < -0.4 is 5.32 Å². The van der Waals surface area contributed by atoms with E-state index >= 15 is 0 Å². The third-order valence-electron chi connectivity index (χ3n) is 3.96. The largest absolute Gasteiger partial charge is 0.451 e. The van der Waals surface area contributed by atoms with Crippen molar-refractivity contribution < 1.29 is 23.6 Å². The molecule has 1 heterocycles. The molecule has 1 aliphatic rings. The van der Waals surface area contributed by atoms with Crippen molar-refractivity contribution in [2.45, 2.75) is 25.7 Å². The average Bonchev–Trinajstić information content (AvgIpc) is 3.05. The van der Waals surface area contributed by atoms with E-state index in [2.05, 4.69) is 5.32 Å². The van der Waals surface area contributed by atoms with Gasteiger partial charge in [-0.05, 0) is 49.4 Å². The molecule has 0 spiro atoms. The number of rotatable bonds is 5. The van der Waals surface area contributed by atoms with E-state index in [1.54, 1.807) is 0 Å². The summed E-state index contributed by atoms with van der Waals surface area (Å²) in [6.07, 6.45) is 4.11. The number of ether oxygens (including phenoxy) is 1. The first kappa shape index (κ1) is 18.0. The molecule has 0 radical (unpaired) electrons. The number of carbonyl (C=O) groups excluding carboxylic acids is 2. The van der Waals surface area contributed by atoms with Crippen LogP contribution in [-0.4, -0.2) is 23.4 Å². The Bertz CT molecular complexity index is 857. The number of halogens is 1. The maximum absolute atomic E-state index is 13.3. The molecule has 0 bridgehead atoms. The number of amides is 1. The molecule has 1 N–H and O–H groups in total. The molecule has 2 aromatic rings. The molecule has 0 saturated carbocycles. The van der Waals surface area contributed by atoms with Crippen molar-refractivity contribution in [3.05, 3.63) is 55.5 Å². The van der Waals surface area contributed by atoms with Gasteiger partial charge in [-0.25, -0.2) is 4.79 Å². The normalized spacial score (nSPS) is 13.0. The van der Waals surface area contributed by atoms with Gasteiger partial charge in [0.1, 0.15) is 4.88 Å². The summed E-state index contributed by atoms with van der Waals surface area (Å²) in [5, 5.41) is 13.0. The van der Waals surface area contributed by atoms with E-state index in [0.29, 0.717) is 4.88 Å². The maximum atomic E-state index is 13.3. The van der Waals surface area contributed by atoms with Gasteiger partial charge in [-0.2, -0.15) is 4.39 Å². The molecule has 0 saturated heterocycles. The molecule has 9 heteroatoms. The summed E-state index contributed by atoms with van der Waals surface area (Å²) in [6.45, 7) is -0.535. The third-order valence-corrected chi connectivity index (χ3v) is 5.18. The lowest BCUT2D eigenvalue weighted by Crippen LogP contribution is -2.20. The Morgan fingerprint density at radius 2 is 2.04 bits per heavy atom. The van der Waals surface area contributed by atoms with E-state index in [-0.39, 0.29) is 5.69 Å². The maximum Gasteiger partial charge on any atom is 0.348 e. The number of fused-ring (bicyclic) bond motifs is 1. The van der Waals surface area contributed by atoms with Crippen LogP contribution in [0.4, 0.5) is 15.8 Å². The van der Waals surface area contributed by atoms with Gasteiger partial charge < -0.3 is 10.1 Å². The topological polar surface area (TPSA) is 98.5 Å². The highest BCUT2D eigenvalue weighted by atomic mass is 32.1. The molecule has 1 aromatic carbocycles. The number of hydrogen-bond acceptors (Lipinski definition) is 6. The summed E-state index contributed by atoms with van der Waals surface area (Å²) in [6, 6.07) is 4.79. The molecule has 1 aromatic heterocycles. The molecule has 0 atom stereocenters.